The van der Waals surface area contributed by atoms with Gasteiger partial charge in [-0.3, -0.25) is 4.79 Å². The second-order valence-corrected chi connectivity index (χ2v) is 3.58. The molecule has 0 bridgehead atoms. The quantitative estimate of drug-likeness (QED) is 0.745. The van der Waals surface area contributed by atoms with Gasteiger partial charge in [0.05, 0.1) is 17.8 Å². The first-order valence-corrected chi connectivity index (χ1v) is 4.70. The summed E-state index contributed by atoms with van der Waals surface area (Å²) >= 11 is 0. The Hall–Kier alpha value is -1.68. The van der Waals surface area contributed by atoms with Crippen molar-refractivity contribution in [1.29, 1.82) is 0 Å². The Morgan fingerprint density at radius 1 is 1.47 bits per heavy atom. The van der Waals surface area contributed by atoms with E-state index in [2.05, 4.69) is 4.98 Å². The van der Waals surface area contributed by atoms with Crippen LogP contribution in [0.25, 0.3) is 11.0 Å². The number of fused-ring (bicyclic) bond motifs is 1. The van der Waals surface area contributed by atoms with Crippen LogP contribution in [0.4, 0.5) is 0 Å². The lowest BCUT2D eigenvalue weighted by Gasteiger charge is -2.06. The molecule has 15 heavy (non-hydrogen) atoms. The molecular weight excluding hydrogens is 192 g/mol. The van der Waals surface area contributed by atoms with E-state index in [0.717, 1.165) is 5.52 Å². The van der Waals surface area contributed by atoms with Crippen molar-refractivity contribution in [2.45, 2.75) is 13.5 Å². The molecule has 0 aliphatic rings. The van der Waals surface area contributed by atoms with Crippen molar-refractivity contribution >= 4 is 11.0 Å². The van der Waals surface area contributed by atoms with Gasteiger partial charge >= 0.3 is 0 Å². The minimum atomic E-state index is -0.146. The molecule has 0 fully saturated rings. The Kier molecular flexibility index (Phi) is 2.28. The highest BCUT2D eigenvalue weighted by atomic mass is 16.3. The number of aliphatic hydroxyl groups excluding tert-OH is 1. The topological polar surface area (TPSA) is 55.1 Å². The fourth-order valence-electron chi connectivity index (χ4n) is 1.64. The molecule has 0 aliphatic carbocycles. The van der Waals surface area contributed by atoms with Crippen LogP contribution in [-0.4, -0.2) is 14.7 Å². The van der Waals surface area contributed by atoms with E-state index in [0.29, 0.717) is 16.8 Å². The molecule has 0 aliphatic heterocycles. The maximum atomic E-state index is 11.8. The summed E-state index contributed by atoms with van der Waals surface area (Å²) in [5.41, 5.74) is 2.31. The van der Waals surface area contributed by atoms with Gasteiger partial charge in [0.25, 0.3) is 0 Å². The number of pyridine rings is 2. The zero-order valence-corrected chi connectivity index (χ0v) is 8.69. The molecule has 0 amide bonds. The Morgan fingerprint density at radius 3 is 2.87 bits per heavy atom. The number of aryl methyl sites for hydroxylation is 2. The highest BCUT2D eigenvalue weighted by molar-refractivity contribution is 5.75. The average molecular weight is 204 g/mol. The van der Waals surface area contributed by atoms with Crippen molar-refractivity contribution in [3.63, 3.8) is 0 Å². The van der Waals surface area contributed by atoms with E-state index in [1.54, 1.807) is 25.3 Å². The lowest BCUT2D eigenvalue weighted by atomic mass is 10.2. The summed E-state index contributed by atoms with van der Waals surface area (Å²) < 4.78 is 1.86. The third-order valence-corrected chi connectivity index (χ3v) is 2.43. The molecule has 2 heterocycles. The number of hydrogen-bond acceptors (Lipinski definition) is 3. The molecule has 4 heteroatoms. The van der Waals surface area contributed by atoms with E-state index >= 15 is 0 Å². The Balaban J connectivity index is 2.91. The lowest BCUT2D eigenvalue weighted by molar-refractivity contribution is 0.277. The van der Waals surface area contributed by atoms with Crippen molar-refractivity contribution < 1.29 is 5.11 Å². The standard InChI is InChI=1S/C11H12N2O2/c1-7-5-13(2)9-4-3-8(6-14)12-10(9)11(7)15/h3-5,14H,6H2,1-2H3. The first-order chi connectivity index (χ1) is 7.13. The van der Waals surface area contributed by atoms with Gasteiger partial charge < -0.3 is 9.67 Å². The largest absolute Gasteiger partial charge is 0.390 e. The van der Waals surface area contributed by atoms with Gasteiger partial charge in [0.1, 0.15) is 5.52 Å². The smallest absolute Gasteiger partial charge is 0.210 e. The molecule has 0 unspecified atom stereocenters. The molecule has 0 spiro atoms. The number of nitrogens with zero attached hydrogens (tertiary/aromatic N) is 2. The summed E-state index contributed by atoms with van der Waals surface area (Å²) in [6.07, 6.45) is 1.78. The normalized spacial score (nSPS) is 10.9. The average Bonchev–Trinajstić information content (AvgIpc) is 2.25. The van der Waals surface area contributed by atoms with Crippen LogP contribution in [0.15, 0.2) is 23.1 Å². The fraction of sp³-hybridized carbons (Fsp3) is 0.273. The molecule has 2 rings (SSSR count). The van der Waals surface area contributed by atoms with Crippen molar-refractivity contribution in [1.82, 2.24) is 9.55 Å². The van der Waals surface area contributed by atoms with E-state index in [1.807, 2.05) is 11.6 Å². The van der Waals surface area contributed by atoms with E-state index in [4.69, 9.17) is 5.11 Å². The van der Waals surface area contributed by atoms with E-state index in [-0.39, 0.29) is 12.0 Å². The number of aliphatic hydroxyl groups is 1. The molecule has 1 N–H and O–H groups in total. The summed E-state index contributed by atoms with van der Waals surface area (Å²) in [6, 6.07) is 3.52. The van der Waals surface area contributed by atoms with E-state index in [9.17, 15) is 4.79 Å². The van der Waals surface area contributed by atoms with E-state index in [1.165, 1.54) is 0 Å². The lowest BCUT2D eigenvalue weighted by Crippen LogP contribution is -2.12. The second kappa shape index (κ2) is 3.47. The summed E-state index contributed by atoms with van der Waals surface area (Å²) in [5.74, 6) is 0. The third kappa shape index (κ3) is 1.53. The van der Waals surface area contributed by atoms with Gasteiger partial charge in [-0.05, 0) is 19.1 Å². The predicted molar refractivity (Wildman–Crippen MR) is 57.6 cm³/mol. The predicted octanol–water partition coefficient (Wildman–Crippen LogP) is 0.734. The zero-order valence-electron chi connectivity index (χ0n) is 8.69. The van der Waals surface area contributed by atoms with Gasteiger partial charge in [0, 0.05) is 18.8 Å². The highest BCUT2D eigenvalue weighted by Crippen LogP contribution is 2.09. The molecule has 4 nitrogen and oxygen atoms in total. The Labute approximate surface area is 86.8 Å². The van der Waals surface area contributed by atoms with Gasteiger partial charge in [-0.2, -0.15) is 0 Å². The van der Waals surface area contributed by atoms with Gasteiger partial charge in [0.15, 0.2) is 0 Å². The first-order valence-electron chi connectivity index (χ1n) is 4.70. The minimum absolute atomic E-state index is 0.0709. The molecule has 2 aromatic heterocycles. The van der Waals surface area contributed by atoms with Gasteiger partial charge in [-0.25, -0.2) is 4.98 Å². The summed E-state index contributed by atoms with van der Waals surface area (Å²) in [6.45, 7) is 1.61. The van der Waals surface area contributed by atoms with Gasteiger partial charge in [0.2, 0.25) is 5.43 Å². The Bertz CT molecular complexity index is 573. The Morgan fingerprint density at radius 2 is 2.20 bits per heavy atom. The van der Waals surface area contributed by atoms with Crippen molar-refractivity contribution in [2.75, 3.05) is 0 Å². The maximum Gasteiger partial charge on any atom is 0.210 e. The van der Waals surface area contributed by atoms with Gasteiger partial charge in [-0.1, -0.05) is 0 Å². The molecule has 0 atom stereocenters. The third-order valence-electron chi connectivity index (χ3n) is 2.43. The zero-order chi connectivity index (χ0) is 11.0. The van der Waals surface area contributed by atoms with Crippen LogP contribution in [0.2, 0.25) is 0 Å². The first kappa shape index (κ1) is 9.86. The van der Waals surface area contributed by atoms with Crippen LogP contribution in [0.3, 0.4) is 0 Å². The highest BCUT2D eigenvalue weighted by Gasteiger charge is 2.06. The molecule has 0 aromatic carbocycles. The van der Waals surface area contributed by atoms with Gasteiger partial charge in [-0.15, -0.1) is 0 Å². The summed E-state index contributed by atoms with van der Waals surface area (Å²) in [5, 5.41) is 8.96. The van der Waals surface area contributed by atoms with Crippen molar-refractivity contribution in [3.8, 4) is 0 Å². The van der Waals surface area contributed by atoms with Crippen molar-refractivity contribution in [2.24, 2.45) is 7.05 Å². The minimum Gasteiger partial charge on any atom is -0.390 e. The molecule has 0 radical (unpaired) electrons. The van der Waals surface area contributed by atoms with Crippen LogP contribution >= 0.6 is 0 Å². The monoisotopic (exact) mass is 204 g/mol. The second-order valence-electron chi connectivity index (χ2n) is 3.58. The maximum absolute atomic E-state index is 11.8. The van der Waals surface area contributed by atoms with Crippen LogP contribution < -0.4 is 5.43 Å². The van der Waals surface area contributed by atoms with Crippen LogP contribution in [-0.2, 0) is 13.7 Å². The fourth-order valence-corrected chi connectivity index (χ4v) is 1.64. The summed E-state index contributed by atoms with van der Waals surface area (Å²) in [7, 11) is 1.87. The molecular formula is C11H12N2O2. The SMILES string of the molecule is Cc1cn(C)c2ccc(CO)nc2c1=O. The van der Waals surface area contributed by atoms with Crippen LogP contribution in [0, 0.1) is 6.92 Å². The summed E-state index contributed by atoms with van der Waals surface area (Å²) in [4.78, 5) is 15.9. The van der Waals surface area contributed by atoms with Crippen LogP contribution in [0.1, 0.15) is 11.3 Å². The number of aromatic nitrogens is 2. The van der Waals surface area contributed by atoms with Crippen LogP contribution in [0.5, 0.6) is 0 Å². The van der Waals surface area contributed by atoms with E-state index < -0.39 is 0 Å². The van der Waals surface area contributed by atoms with Crippen molar-refractivity contribution in [3.05, 3.63) is 39.8 Å². The number of rotatable bonds is 1. The molecule has 78 valence electrons. The molecule has 0 saturated heterocycles. The number of hydrogen-bond donors (Lipinski definition) is 1. The molecule has 2 aromatic rings. The molecule has 0 saturated carbocycles.